The van der Waals surface area contributed by atoms with Gasteiger partial charge in [0.1, 0.15) is 11.5 Å². The van der Waals surface area contributed by atoms with Crippen molar-refractivity contribution in [3.63, 3.8) is 0 Å². The lowest BCUT2D eigenvalue weighted by Gasteiger charge is -2.08. The van der Waals surface area contributed by atoms with Crippen LogP contribution in [0.5, 0.6) is 11.5 Å². The van der Waals surface area contributed by atoms with E-state index in [9.17, 15) is 15.0 Å². The second-order valence-corrected chi connectivity index (χ2v) is 5.82. The van der Waals surface area contributed by atoms with Crippen molar-refractivity contribution in [3.8, 4) is 11.5 Å². The number of benzene rings is 3. The molecule has 1 amide bonds. The molecule has 0 fully saturated rings. The molecule has 0 aliphatic heterocycles. The molecule has 0 aromatic heterocycles. The Kier molecular flexibility index (Phi) is 5.69. The van der Waals surface area contributed by atoms with Gasteiger partial charge in [-0.2, -0.15) is 5.10 Å². The summed E-state index contributed by atoms with van der Waals surface area (Å²) >= 11 is 0. The highest BCUT2D eigenvalue weighted by atomic mass is 16.3. The van der Waals surface area contributed by atoms with E-state index >= 15 is 0 Å². The first-order chi connectivity index (χ1) is 13.1. The molecule has 0 bridgehead atoms. The van der Waals surface area contributed by atoms with Gasteiger partial charge in [0, 0.05) is 28.9 Å². The molecule has 6 heteroatoms. The standard InChI is InChI=1S/C21H19N3O3/c25-19-7-3-1-5-16(19)13-22-18-11-9-15(10-12-18)21(27)24-23-14-17-6-2-4-8-20(17)26/h1-12,14,22,25-26H,13H2,(H,24,27)/b23-14-. The first-order valence-electron chi connectivity index (χ1n) is 8.35. The minimum Gasteiger partial charge on any atom is -0.508 e. The number of hydrazone groups is 1. The Bertz CT molecular complexity index is 953. The third-order valence-corrected chi connectivity index (χ3v) is 3.93. The van der Waals surface area contributed by atoms with Crippen LogP contribution in [0.1, 0.15) is 21.5 Å². The maximum Gasteiger partial charge on any atom is 0.271 e. The number of phenolic OH excluding ortho intramolecular Hbond substituents is 2. The summed E-state index contributed by atoms with van der Waals surface area (Å²) in [5.74, 6) is -0.0207. The van der Waals surface area contributed by atoms with E-state index in [4.69, 9.17) is 0 Å². The van der Waals surface area contributed by atoms with Crippen molar-refractivity contribution < 1.29 is 15.0 Å². The van der Waals surface area contributed by atoms with Gasteiger partial charge in [0.05, 0.1) is 6.21 Å². The van der Waals surface area contributed by atoms with Crippen LogP contribution in [-0.4, -0.2) is 22.3 Å². The number of phenols is 2. The quantitative estimate of drug-likeness (QED) is 0.399. The molecule has 3 aromatic carbocycles. The second kappa shape index (κ2) is 8.53. The fraction of sp³-hybridized carbons (Fsp3) is 0.0476. The molecule has 4 N–H and O–H groups in total. The zero-order chi connectivity index (χ0) is 19.1. The van der Waals surface area contributed by atoms with Crippen LogP contribution in [0.25, 0.3) is 0 Å². The molecule has 0 unspecified atom stereocenters. The number of amides is 1. The number of carbonyl (C=O) groups is 1. The molecule has 0 radical (unpaired) electrons. The van der Waals surface area contributed by atoms with Gasteiger partial charge in [-0.1, -0.05) is 30.3 Å². The Morgan fingerprint density at radius 2 is 1.56 bits per heavy atom. The summed E-state index contributed by atoms with van der Waals surface area (Å²) in [5, 5.41) is 26.5. The number of para-hydroxylation sites is 2. The molecule has 0 heterocycles. The monoisotopic (exact) mass is 361 g/mol. The van der Waals surface area contributed by atoms with Crippen LogP contribution in [0.3, 0.4) is 0 Å². The fourth-order valence-corrected chi connectivity index (χ4v) is 2.42. The highest BCUT2D eigenvalue weighted by Crippen LogP contribution is 2.18. The summed E-state index contributed by atoms with van der Waals surface area (Å²) in [7, 11) is 0. The lowest BCUT2D eigenvalue weighted by molar-refractivity contribution is 0.0955. The largest absolute Gasteiger partial charge is 0.508 e. The lowest BCUT2D eigenvalue weighted by atomic mass is 10.1. The van der Waals surface area contributed by atoms with Crippen LogP contribution in [0, 0.1) is 0 Å². The van der Waals surface area contributed by atoms with Crippen LogP contribution in [0.2, 0.25) is 0 Å². The molecular formula is C21H19N3O3. The number of hydrogen-bond donors (Lipinski definition) is 4. The van der Waals surface area contributed by atoms with E-state index in [0.29, 0.717) is 17.7 Å². The van der Waals surface area contributed by atoms with Crippen LogP contribution >= 0.6 is 0 Å². The highest BCUT2D eigenvalue weighted by Gasteiger charge is 2.05. The molecule has 0 saturated heterocycles. The molecule has 136 valence electrons. The van der Waals surface area contributed by atoms with E-state index in [1.54, 1.807) is 60.7 Å². The van der Waals surface area contributed by atoms with Crippen molar-refractivity contribution in [2.24, 2.45) is 5.10 Å². The van der Waals surface area contributed by atoms with Gasteiger partial charge < -0.3 is 15.5 Å². The second-order valence-electron chi connectivity index (χ2n) is 5.82. The Balaban J connectivity index is 1.56. The van der Waals surface area contributed by atoms with Crippen LogP contribution in [0.15, 0.2) is 77.9 Å². The van der Waals surface area contributed by atoms with Crippen LogP contribution in [-0.2, 0) is 6.54 Å². The summed E-state index contributed by atoms with van der Waals surface area (Å²) in [5.41, 5.74) is 5.01. The summed E-state index contributed by atoms with van der Waals surface area (Å²) in [6.07, 6.45) is 1.38. The van der Waals surface area contributed by atoms with E-state index in [2.05, 4.69) is 15.8 Å². The average Bonchev–Trinajstić information content (AvgIpc) is 2.69. The van der Waals surface area contributed by atoms with Crippen molar-refractivity contribution in [2.45, 2.75) is 6.54 Å². The molecule has 0 spiro atoms. The number of rotatable bonds is 6. The first-order valence-corrected chi connectivity index (χ1v) is 8.35. The number of hydrogen-bond acceptors (Lipinski definition) is 5. The zero-order valence-electron chi connectivity index (χ0n) is 14.5. The van der Waals surface area contributed by atoms with Gasteiger partial charge >= 0.3 is 0 Å². The number of carbonyl (C=O) groups excluding carboxylic acids is 1. The number of nitrogens with one attached hydrogen (secondary N) is 2. The predicted octanol–water partition coefficient (Wildman–Crippen LogP) is 3.47. The Labute approximate surface area is 156 Å². The van der Waals surface area contributed by atoms with E-state index in [-0.39, 0.29) is 17.4 Å². The summed E-state index contributed by atoms with van der Waals surface area (Å²) in [6, 6.07) is 20.7. The minimum absolute atomic E-state index is 0.0929. The van der Waals surface area contributed by atoms with Crippen molar-refractivity contribution in [1.82, 2.24) is 5.43 Å². The molecular weight excluding hydrogens is 342 g/mol. The fourth-order valence-electron chi connectivity index (χ4n) is 2.42. The molecule has 27 heavy (non-hydrogen) atoms. The summed E-state index contributed by atoms with van der Waals surface area (Å²) in [6.45, 7) is 0.475. The van der Waals surface area contributed by atoms with Gasteiger partial charge in [-0.25, -0.2) is 5.43 Å². The average molecular weight is 361 g/mol. The summed E-state index contributed by atoms with van der Waals surface area (Å²) < 4.78 is 0. The van der Waals surface area contributed by atoms with E-state index in [0.717, 1.165) is 11.3 Å². The van der Waals surface area contributed by atoms with Crippen molar-refractivity contribution in [2.75, 3.05) is 5.32 Å². The number of nitrogens with zero attached hydrogens (tertiary/aromatic N) is 1. The van der Waals surface area contributed by atoms with Crippen LogP contribution in [0.4, 0.5) is 5.69 Å². The third kappa shape index (κ3) is 4.85. The van der Waals surface area contributed by atoms with Gasteiger partial charge in [-0.3, -0.25) is 4.79 Å². The lowest BCUT2D eigenvalue weighted by Crippen LogP contribution is -2.17. The van der Waals surface area contributed by atoms with Crippen LogP contribution < -0.4 is 10.7 Å². The van der Waals surface area contributed by atoms with Gasteiger partial charge in [0.2, 0.25) is 0 Å². The van der Waals surface area contributed by atoms with Gasteiger partial charge in [0.15, 0.2) is 0 Å². The molecule has 0 aliphatic carbocycles. The first kappa shape index (κ1) is 18.0. The Hall–Kier alpha value is -3.80. The zero-order valence-corrected chi connectivity index (χ0v) is 14.5. The third-order valence-electron chi connectivity index (χ3n) is 3.93. The van der Waals surface area contributed by atoms with Gasteiger partial charge in [-0.15, -0.1) is 0 Å². The van der Waals surface area contributed by atoms with E-state index in [1.165, 1.54) is 6.21 Å². The maximum absolute atomic E-state index is 12.1. The van der Waals surface area contributed by atoms with Crippen molar-refractivity contribution in [3.05, 3.63) is 89.5 Å². The number of anilines is 1. The molecule has 0 saturated carbocycles. The van der Waals surface area contributed by atoms with Gasteiger partial charge in [-0.05, 0) is 42.5 Å². The Morgan fingerprint density at radius 1 is 0.889 bits per heavy atom. The molecule has 0 atom stereocenters. The van der Waals surface area contributed by atoms with E-state index in [1.807, 2.05) is 12.1 Å². The minimum atomic E-state index is -0.353. The summed E-state index contributed by atoms with van der Waals surface area (Å²) in [4.78, 5) is 12.1. The number of aromatic hydroxyl groups is 2. The van der Waals surface area contributed by atoms with Crippen molar-refractivity contribution >= 4 is 17.8 Å². The highest BCUT2D eigenvalue weighted by molar-refractivity contribution is 5.95. The maximum atomic E-state index is 12.1. The molecule has 0 aliphatic rings. The Morgan fingerprint density at radius 3 is 2.26 bits per heavy atom. The smallest absolute Gasteiger partial charge is 0.271 e. The SMILES string of the molecule is O=C(N/N=C\c1ccccc1O)c1ccc(NCc2ccccc2O)cc1. The predicted molar refractivity (Wildman–Crippen MR) is 105 cm³/mol. The molecule has 3 aromatic rings. The van der Waals surface area contributed by atoms with Crippen molar-refractivity contribution in [1.29, 1.82) is 0 Å². The molecule has 6 nitrogen and oxygen atoms in total. The molecule has 3 rings (SSSR count). The topological polar surface area (TPSA) is 94.0 Å². The normalized spacial score (nSPS) is 10.7. The van der Waals surface area contributed by atoms with Gasteiger partial charge in [0.25, 0.3) is 5.91 Å². The van der Waals surface area contributed by atoms with E-state index < -0.39 is 0 Å².